The summed E-state index contributed by atoms with van der Waals surface area (Å²) in [6.45, 7) is 2.32. The van der Waals surface area contributed by atoms with Crippen molar-refractivity contribution < 1.29 is 14.3 Å². The van der Waals surface area contributed by atoms with Crippen LogP contribution in [0.15, 0.2) is 83.0 Å². The molecular weight excluding hydrogens is 456 g/mol. The van der Waals surface area contributed by atoms with Gasteiger partial charge in [-0.25, -0.2) is 0 Å². The van der Waals surface area contributed by atoms with E-state index < -0.39 is 0 Å². The third kappa shape index (κ3) is 4.86. The minimum atomic E-state index is -0.361. The van der Waals surface area contributed by atoms with Gasteiger partial charge in [-0.1, -0.05) is 76.1 Å². The predicted molar refractivity (Wildman–Crippen MR) is 125 cm³/mol. The first-order valence-corrected chi connectivity index (χ1v) is 10.7. The lowest BCUT2D eigenvalue weighted by molar-refractivity contribution is -0.123. The number of benzene rings is 3. The van der Waals surface area contributed by atoms with Crippen molar-refractivity contribution in [3.05, 3.63) is 99.7 Å². The van der Waals surface area contributed by atoms with Crippen LogP contribution in [0.1, 0.15) is 16.7 Å². The van der Waals surface area contributed by atoms with Gasteiger partial charge in [-0.15, -0.1) is 0 Å². The number of anilines is 1. The van der Waals surface area contributed by atoms with Crippen molar-refractivity contribution in [3.63, 3.8) is 0 Å². The van der Waals surface area contributed by atoms with E-state index in [1.54, 1.807) is 18.2 Å². The SMILES string of the molecule is Cc1ccc(CNC(=O)CN2C(=O)C(=Cc3ccccc3Br)Oc3ccccc32)cc1. The molecule has 3 aromatic rings. The van der Waals surface area contributed by atoms with Gasteiger partial charge in [-0.3, -0.25) is 14.5 Å². The van der Waals surface area contributed by atoms with E-state index in [2.05, 4.69) is 21.2 Å². The molecule has 0 fully saturated rings. The summed E-state index contributed by atoms with van der Waals surface area (Å²) in [5.41, 5.74) is 3.55. The van der Waals surface area contributed by atoms with Gasteiger partial charge in [-0.2, -0.15) is 0 Å². The second-order valence-electron chi connectivity index (χ2n) is 7.25. The van der Waals surface area contributed by atoms with E-state index in [-0.39, 0.29) is 24.1 Å². The predicted octanol–water partition coefficient (Wildman–Crippen LogP) is 4.84. The Hall–Kier alpha value is -3.38. The average Bonchev–Trinajstić information content (AvgIpc) is 2.77. The molecule has 0 spiro atoms. The molecule has 1 heterocycles. The summed E-state index contributed by atoms with van der Waals surface area (Å²) in [6.07, 6.45) is 1.68. The van der Waals surface area contributed by atoms with E-state index in [1.165, 1.54) is 4.90 Å². The van der Waals surface area contributed by atoms with Crippen molar-refractivity contribution in [1.29, 1.82) is 0 Å². The van der Waals surface area contributed by atoms with Crippen LogP contribution < -0.4 is 15.0 Å². The Balaban J connectivity index is 1.55. The van der Waals surface area contributed by atoms with Crippen molar-refractivity contribution in [3.8, 4) is 5.75 Å². The summed E-state index contributed by atoms with van der Waals surface area (Å²) < 4.78 is 6.72. The van der Waals surface area contributed by atoms with Crippen LogP contribution in [0.4, 0.5) is 5.69 Å². The first kappa shape index (κ1) is 20.9. The highest BCUT2D eigenvalue weighted by Crippen LogP contribution is 2.35. The molecule has 3 aromatic carbocycles. The Morgan fingerprint density at radius 3 is 2.52 bits per heavy atom. The van der Waals surface area contributed by atoms with Crippen molar-refractivity contribution >= 4 is 39.5 Å². The molecule has 0 radical (unpaired) electrons. The molecule has 2 amide bonds. The highest BCUT2D eigenvalue weighted by atomic mass is 79.9. The maximum absolute atomic E-state index is 13.2. The summed E-state index contributed by atoms with van der Waals surface area (Å²) in [4.78, 5) is 27.3. The average molecular weight is 477 g/mol. The molecule has 0 aliphatic carbocycles. The Bertz CT molecular complexity index is 1160. The zero-order valence-electron chi connectivity index (χ0n) is 17.0. The Morgan fingerprint density at radius 1 is 1.03 bits per heavy atom. The standard InChI is InChI=1S/C25H21BrN2O3/c1-17-10-12-18(13-11-17)15-27-24(29)16-28-21-8-4-5-9-22(21)31-23(25(28)30)14-19-6-2-3-7-20(19)26/h2-14H,15-16H2,1H3,(H,27,29). The molecule has 31 heavy (non-hydrogen) atoms. The molecule has 0 bridgehead atoms. The number of carbonyl (C=O) groups excluding carboxylic acids is 2. The van der Waals surface area contributed by atoms with Crippen LogP contribution in [0, 0.1) is 6.92 Å². The summed E-state index contributed by atoms with van der Waals surface area (Å²) in [7, 11) is 0. The number of hydrogen-bond acceptors (Lipinski definition) is 3. The highest BCUT2D eigenvalue weighted by molar-refractivity contribution is 9.10. The van der Waals surface area contributed by atoms with Gasteiger partial charge < -0.3 is 10.1 Å². The van der Waals surface area contributed by atoms with Gasteiger partial charge in [0, 0.05) is 11.0 Å². The third-order valence-corrected chi connectivity index (χ3v) is 5.66. The fourth-order valence-corrected chi connectivity index (χ4v) is 3.66. The van der Waals surface area contributed by atoms with Gasteiger partial charge in [-0.05, 0) is 42.3 Å². The van der Waals surface area contributed by atoms with Crippen molar-refractivity contribution in [2.45, 2.75) is 13.5 Å². The van der Waals surface area contributed by atoms with E-state index in [1.807, 2.05) is 67.6 Å². The van der Waals surface area contributed by atoms with E-state index in [4.69, 9.17) is 4.74 Å². The van der Waals surface area contributed by atoms with Crippen LogP contribution in [0.25, 0.3) is 6.08 Å². The molecule has 5 nitrogen and oxygen atoms in total. The topological polar surface area (TPSA) is 58.6 Å². The van der Waals surface area contributed by atoms with Gasteiger partial charge >= 0.3 is 0 Å². The molecule has 1 N–H and O–H groups in total. The molecule has 0 unspecified atom stereocenters. The lowest BCUT2D eigenvalue weighted by Crippen LogP contribution is -2.44. The van der Waals surface area contributed by atoms with Gasteiger partial charge in [0.1, 0.15) is 6.54 Å². The Kier molecular flexibility index (Phi) is 6.18. The van der Waals surface area contributed by atoms with Crippen molar-refractivity contribution in [2.24, 2.45) is 0 Å². The van der Waals surface area contributed by atoms with Crippen LogP contribution in [-0.4, -0.2) is 18.4 Å². The summed E-state index contributed by atoms with van der Waals surface area (Å²) in [6, 6.07) is 22.7. The van der Waals surface area contributed by atoms with E-state index in [0.717, 1.165) is 21.2 Å². The van der Waals surface area contributed by atoms with Crippen LogP contribution >= 0.6 is 15.9 Å². The third-order valence-electron chi connectivity index (χ3n) is 4.94. The maximum Gasteiger partial charge on any atom is 0.294 e. The molecule has 0 saturated heterocycles. The smallest absolute Gasteiger partial charge is 0.294 e. The fourth-order valence-electron chi connectivity index (χ4n) is 3.26. The number of para-hydroxylation sites is 2. The summed E-state index contributed by atoms with van der Waals surface area (Å²) in [5.74, 6) is 0.0921. The van der Waals surface area contributed by atoms with Gasteiger partial charge in [0.15, 0.2) is 11.5 Å². The second-order valence-corrected chi connectivity index (χ2v) is 8.11. The minimum absolute atomic E-state index is 0.0988. The number of aryl methyl sites for hydroxylation is 1. The zero-order chi connectivity index (χ0) is 21.8. The largest absolute Gasteiger partial charge is 0.449 e. The number of nitrogens with one attached hydrogen (secondary N) is 1. The lowest BCUT2D eigenvalue weighted by Gasteiger charge is -2.30. The Morgan fingerprint density at radius 2 is 1.74 bits per heavy atom. The molecule has 1 aliphatic rings. The Labute approximate surface area is 189 Å². The van der Waals surface area contributed by atoms with Crippen molar-refractivity contribution in [1.82, 2.24) is 5.32 Å². The molecule has 0 atom stereocenters. The number of hydrogen-bond donors (Lipinski definition) is 1. The van der Waals surface area contributed by atoms with Crippen LogP contribution in [0.2, 0.25) is 0 Å². The number of amides is 2. The van der Waals surface area contributed by atoms with Gasteiger partial charge in [0.2, 0.25) is 5.91 Å². The number of halogens is 1. The second kappa shape index (κ2) is 9.18. The lowest BCUT2D eigenvalue weighted by atomic mass is 10.1. The minimum Gasteiger partial charge on any atom is -0.449 e. The first-order valence-electron chi connectivity index (χ1n) is 9.88. The molecule has 0 saturated carbocycles. The monoisotopic (exact) mass is 476 g/mol. The van der Waals surface area contributed by atoms with Gasteiger partial charge in [0.05, 0.1) is 5.69 Å². The normalized spacial score (nSPS) is 14.2. The molecular formula is C25H21BrN2O3. The quantitative estimate of drug-likeness (QED) is 0.535. The van der Waals surface area contributed by atoms with Crippen LogP contribution in [-0.2, 0) is 16.1 Å². The van der Waals surface area contributed by atoms with Gasteiger partial charge in [0.25, 0.3) is 5.91 Å². The zero-order valence-corrected chi connectivity index (χ0v) is 18.6. The number of rotatable bonds is 5. The molecule has 156 valence electrons. The molecule has 4 rings (SSSR count). The molecule has 1 aliphatic heterocycles. The molecule has 6 heteroatoms. The molecule has 0 aromatic heterocycles. The number of fused-ring (bicyclic) bond motifs is 1. The van der Waals surface area contributed by atoms with Crippen LogP contribution in [0.3, 0.4) is 0 Å². The first-order chi connectivity index (χ1) is 15.0. The van der Waals surface area contributed by atoms with Crippen LogP contribution in [0.5, 0.6) is 5.75 Å². The summed E-state index contributed by atoms with van der Waals surface area (Å²) in [5, 5.41) is 2.89. The summed E-state index contributed by atoms with van der Waals surface area (Å²) >= 11 is 3.49. The fraction of sp³-hybridized carbons (Fsp3) is 0.120. The van der Waals surface area contributed by atoms with Crippen molar-refractivity contribution in [2.75, 3.05) is 11.4 Å². The number of ether oxygens (including phenoxy) is 1. The number of nitrogens with zero attached hydrogens (tertiary/aromatic N) is 1. The van der Waals surface area contributed by atoms with E-state index in [0.29, 0.717) is 18.0 Å². The van der Waals surface area contributed by atoms with E-state index >= 15 is 0 Å². The maximum atomic E-state index is 13.2. The number of carbonyl (C=O) groups is 2. The highest BCUT2D eigenvalue weighted by Gasteiger charge is 2.31. The van der Waals surface area contributed by atoms with E-state index in [9.17, 15) is 9.59 Å².